The van der Waals surface area contributed by atoms with Gasteiger partial charge in [0.1, 0.15) is 6.54 Å². The van der Waals surface area contributed by atoms with Crippen molar-refractivity contribution in [2.24, 2.45) is 0 Å². The number of amides is 1. The van der Waals surface area contributed by atoms with E-state index in [0.717, 1.165) is 10.0 Å². The van der Waals surface area contributed by atoms with Crippen LogP contribution in [0.2, 0.25) is 0 Å². The third-order valence-electron chi connectivity index (χ3n) is 2.64. The predicted octanol–water partition coefficient (Wildman–Crippen LogP) is 2.30. The van der Waals surface area contributed by atoms with Crippen molar-refractivity contribution in [3.63, 3.8) is 0 Å². The van der Waals surface area contributed by atoms with Crippen LogP contribution < -0.4 is 0 Å². The lowest BCUT2D eigenvalue weighted by molar-refractivity contribution is -0.131. The first-order chi connectivity index (χ1) is 8.65. The average molecular weight is 308 g/mol. The van der Waals surface area contributed by atoms with Crippen molar-refractivity contribution in [1.29, 1.82) is 0 Å². The van der Waals surface area contributed by atoms with Gasteiger partial charge in [0.25, 0.3) is 0 Å². The van der Waals surface area contributed by atoms with Crippen LogP contribution in [0, 0.1) is 0 Å². The number of imidazole rings is 1. The second kappa shape index (κ2) is 5.82. The molecule has 1 aromatic heterocycles. The van der Waals surface area contributed by atoms with E-state index in [1.807, 2.05) is 24.3 Å². The summed E-state index contributed by atoms with van der Waals surface area (Å²) in [6.45, 7) is 0.938. The van der Waals surface area contributed by atoms with Gasteiger partial charge in [-0.1, -0.05) is 28.1 Å². The lowest BCUT2D eigenvalue weighted by atomic mass is 10.2. The molecule has 1 amide bonds. The van der Waals surface area contributed by atoms with Crippen LogP contribution in [0.4, 0.5) is 0 Å². The number of hydrogen-bond acceptors (Lipinski definition) is 2. The third kappa shape index (κ3) is 3.43. The first-order valence-electron chi connectivity index (χ1n) is 5.59. The SMILES string of the molecule is CN(Cc1ccc(Br)cc1)C(=O)Cn1ccnc1. The summed E-state index contributed by atoms with van der Waals surface area (Å²) in [6.07, 6.45) is 5.10. The molecule has 1 aromatic carbocycles. The van der Waals surface area contributed by atoms with E-state index in [2.05, 4.69) is 20.9 Å². The third-order valence-corrected chi connectivity index (χ3v) is 3.16. The van der Waals surface area contributed by atoms with Gasteiger partial charge < -0.3 is 9.47 Å². The maximum Gasteiger partial charge on any atom is 0.242 e. The quantitative estimate of drug-likeness (QED) is 0.869. The molecule has 0 aliphatic rings. The Labute approximate surface area is 114 Å². The minimum atomic E-state index is 0.0657. The van der Waals surface area contributed by atoms with E-state index >= 15 is 0 Å². The topological polar surface area (TPSA) is 38.1 Å². The van der Waals surface area contributed by atoms with Crippen LogP contribution >= 0.6 is 15.9 Å². The largest absolute Gasteiger partial charge is 0.340 e. The van der Waals surface area contributed by atoms with Crippen molar-refractivity contribution in [2.45, 2.75) is 13.1 Å². The molecule has 0 spiro atoms. The van der Waals surface area contributed by atoms with Gasteiger partial charge in [-0.2, -0.15) is 0 Å². The second-order valence-electron chi connectivity index (χ2n) is 4.11. The number of hydrogen-bond donors (Lipinski definition) is 0. The molecule has 0 unspecified atom stereocenters. The maximum absolute atomic E-state index is 11.9. The summed E-state index contributed by atoms with van der Waals surface area (Å²) in [5.41, 5.74) is 1.11. The van der Waals surface area contributed by atoms with Crippen LogP contribution in [-0.4, -0.2) is 27.4 Å². The van der Waals surface area contributed by atoms with Crippen molar-refractivity contribution >= 4 is 21.8 Å². The molecule has 0 N–H and O–H groups in total. The molecule has 2 rings (SSSR count). The lowest BCUT2D eigenvalue weighted by Crippen LogP contribution is -2.29. The number of nitrogens with zero attached hydrogens (tertiary/aromatic N) is 3. The summed E-state index contributed by atoms with van der Waals surface area (Å²) in [7, 11) is 1.81. The fraction of sp³-hybridized carbons (Fsp3) is 0.231. The van der Waals surface area contributed by atoms with E-state index < -0.39 is 0 Å². The van der Waals surface area contributed by atoms with Gasteiger partial charge in [0.2, 0.25) is 5.91 Å². The van der Waals surface area contributed by atoms with Crippen LogP contribution in [-0.2, 0) is 17.9 Å². The molecule has 1 heterocycles. The van der Waals surface area contributed by atoms with Gasteiger partial charge in [0.05, 0.1) is 6.33 Å². The van der Waals surface area contributed by atoms with Crippen molar-refractivity contribution in [3.05, 3.63) is 53.0 Å². The molecule has 0 fully saturated rings. The van der Waals surface area contributed by atoms with E-state index in [9.17, 15) is 4.79 Å². The van der Waals surface area contributed by atoms with Gasteiger partial charge in [0, 0.05) is 30.5 Å². The zero-order valence-corrected chi connectivity index (χ0v) is 11.7. The second-order valence-corrected chi connectivity index (χ2v) is 5.03. The molecular weight excluding hydrogens is 294 g/mol. The Hall–Kier alpha value is -1.62. The molecule has 0 aliphatic heterocycles. The normalized spacial score (nSPS) is 10.3. The Balaban J connectivity index is 1.93. The highest BCUT2D eigenvalue weighted by atomic mass is 79.9. The maximum atomic E-state index is 11.9. The Morgan fingerprint density at radius 1 is 1.39 bits per heavy atom. The van der Waals surface area contributed by atoms with E-state index in [1.165, 1.54) is 0 Å². The molecule has 5 heteroatoms. The highest BCUT2D eigenvalue weighted by Crippen LogP contribution is 2.11. The number of carbonyl (C=O) groups is 1. The summed E-state index contributed by atoms with van der Waals surface area (Å²) < 4.78 is 2.80. The molecule has 0 radical (unpaired) electrons. The van der Waals surface area contributed by atoms with Crippen molar-refractivity contribution in [3.8, 4) is 0 Å². The first kappa shape index (κ1) is 12.8. The van der Waals surface area contributed by atoms with E-state index in [0.29, 0.717) is 13.1 Å². The van der Waals surface area contributed by atoms with Crippen molar-refractivity contribution in [1.82, 2.24) is 14.5 Å². The Bertz CT molecular complexity index is 508. The molecular formula is C13H14BrN3O. The van der Waals surface area contributed by atoms with Gasteiger partial charge in [0.15, 0.2) is 0 Å². The molecule has 0 aliphatic carbocycles. The molecule has 0 saturated carbocycles. The minimum absolute atomic E-state index is 0.0657. The van der Waals surface area contributed by atoms with E-state index in [1.54, 1.807) is 35.2 Å². The Morgan fingerprint density at radius 2 is 2.11 bits per heavy atom. The fourth-order valence-corrected chi connectivity index (χ4v) is 1.87. The number of likely N-dealkylation sites (N-methyl/N-ethyl adjacent to an activating group) is 1. The zero-order valence-electron chi connectivity index (χ0n) is 10.1. The van der Waals surface area contributed by atoms with Gasteiger partial charge in [-0.3, -0.25) is 4.79 Å². The molecule has 0 bridgehead atoms. The fourth-order valence-electron chi connectivity index (χ4n) is 1.61. The molecule has 4 nitrogen and oxygen atoms in total. The van der Waals surface area contributed by atoms with Gasteiger partial charge in [-0.05, 0) is 17.7 Å². The smallest absolute Gasteiger partial charge is 0.242 e. The molecule has 18 heavy (non-hydrogen) atoms. The van der Waals surface area contributed by atoms with Crippen LogP contribution in [0.15, 0.2) is 47.5 Å². The number of benzene rings is 1. The summed E-state index contributed by atoms with van der Waals surface area (Å²) in [6, 6.07) is 7.96. The number of carbonyl (C=O) groups excluding carboxylic acids is 1. The first-order valence-corrected chi connectivity index (χ1v) is 6.38. The molecule has 2 aromatic rings. The summed E-state index contributed by atoms with van der Waals surface area (Å²) in [5.74, 6) is 0.0657. The number of rotatable bonds is 4. The highest BCUT2D eigenvalue weighted by molar-refractivity contribution is 9.10. The van der Waals surface area contributed by atoms with Crippen molar-refractivity contribution in [2.75, 3.05) is 7.05 Å². The van der Waals surface area contributed by atoms with Gasteiger partial charge in [-0.15, -0.1) is 0 Å². The number of halogens is 1. The van der Waals surface area contributed by atoms with Crippen LogP contribution in [0.1, 0.15) is 5.56 Å². The average Bonchev–Trinajstić information content (AvgIpc) is 2.85. The van der Waals surface area contributed by atoms with Crippen LogP contribution in [0.25, 0.3) is 0 Å². The highest BCUT2D eigenvalue weighted by Gasteiger charge is 2.09. The van der Waals surface area contributed by atoms with E-state index in [4.69, 9.17) is 0 Å². The predicted molar refractivity (Wildman–Crippen MR) is 72.8 cm³/mol. The molecule has 0 saturated heterocycles. The zero-order chi connectivity index (χ0) is 13.0. The lowest BCUT2D eigenvalue weighted by Gasteiger charge is -2.17. The summed E-state index contributed by atoms with van der Waals surface area (Å²) in [4.78, 5) is 17.6. The standard InChI is InChI=1S/C13H14BrN3O/c1-16(8-11-2-4-12(14)5-3-11)13(18)9-17-7-6-15-10-17/h2-7,10H,8-9H2,1H3. The number of aromatic nitrogens is 2. The van der Waals surface area contributed by atoms with E-state index in [-0.39, 0.29) is 5.91 Å². The summed E-state index contributed by atoms with van der Waals surface area (Å²) >= 11 is 3.39. The van der Waals surface area contributed by atoms with Crippen molar-refractivity contribution < 1.29 is 4.79 Å². The minimum Gasteiger partial charge on any atom is -0.340 e. The van der Waals surface area contributed by atoms with Gasteiger partial charge >= 0.3 is 0 Å². The van der Waals surface area contributed by atoms with Crippen LogP contribution in [0.3, 0.4) is 0 Å². The molecule has 0 atom stereocenters. The molecule has 94 valence electrons. The Kier molecular flexibility index (Phi) is 4.15. The monoisotopic (exact) mass is 307 g/mol. The Morgan fingerprint density at radius 3 is 2.72 bits per heavy atom. The summed E-state index contributed by atoms with van der Waals surface area (Å²) in [5, 5.41) is 0. The van der Waals surface area contributed by atoms with Crippen LogP contribution in [0.5, 0.6) is 0 Å². The van der Waals surface area contributed by atoms with Gasteiger partial charge in [-0.25, -0.2) is 4.98 Å².